The Morgan fingerprint density at radius 3 is 2.59 bits per heavy atom. The van der Waals surface area contributed by atoms with Crippen LogP contribution in [0.3, 0.4) is 0 Å². The second-order valence-electron chi connectivity index (χ2n) is 7.03. The van der Waals surface area contributed by atoms with Gasteiger partial charge >= 0.3 is 0 Å². The molecule has 6 nitrogen and oxygen atoms in total. The molecule has 1 N–H and O–H groups in total. The van der Waals surface area contributed by atoms with E-state index < -0.39 is 5.60 Å². The van der Waals surface area contributed by atoms with Gasteiger partial charge < -0.3 is 24.3 Å². The van der Waals surface area contributed by atoms with Crippen molar-refractivity contribution in [1.29, 1.82) is 0 Å². The molecule has 0 unspecified atom stereocenters. The first-order valence-electron chi connectivity index (χ1n) is 8.84. The molecule has 0 aliphatic carbocycles. The summed E-state index contributed by atoms with van der Waals surface area (Å²) < 4.78 is 22.2. The lowest BCUT2D eigenvalue weighted by molar-refractivity contribution is -0.124. The minimum Gasteiger partial charge on any atom is -0.497 e. The van der Waals surface area contributed by atoms with E-state index >= 15 is 0 Å². The van der Waals surface area contributed by atoms with Gasteiger partial charge in [-0.05, 0) is 38.1 Å². The standard InChI is InChI=1S/C21H25NO5/c1-21(2)12-16(15-10-9-14(24-3)11-19(15)27-21)22-20(23)13-26-18-8-6-5-7-17(18)25-4/h5-11,16H,12-13H2,1-4H3,(H,22,23)/t16-/m0/s1. The van der Waals surface area contributed by atoms with E-state index in [4.69, 9.17) is 18.9 Å². The number of fused-ring (bicyclic) bond motifs is 1. The van der Waals surface area contributed by atoms with E-state index in [0.717, 1.165) is 17.1 Å². The minimum absolute atomic E-state index is 0.0936. The van der Waals surface area contributed by atoms with E-state index in [0.29, 0.717) is 17.9 Å². The van der Waals surface area contributed by atoms with Crippen molar-refractivity contribution >= 4 is 5.91 Å². The fourth-order valence-corrected chi connectivity index (χ4v) is 3.20. The number of para-hydroxylation sites is 2. The largest absolute Gasteiger partial charge is 0.497 e. The summed E-state index contributed by atoms with van der Waals surface area (Å²) in [4.78, 5) is 12.5. The molecule has 1 amide bonds. The Kier molecular flexibility index (Phi) is 5.44. The van der Waals surface area contributed by atoms with Gasteiger partial charge in [-0.15, -0.1) is 0 Å². The fraction of sp³-hybridized carbons (Fsp3) is 0.381. The molecule has 3 rings (SSSR count). The van der Waals surface area contributed by atoms with Crippen LogP contribution in [0.25, 0.3) is 0 Å². The van der Waals surface area contributed by atoms with Crippen molar-refractivity contribution in [2.24, 2.45) is 0 Å². The number of benzene rings is 2. The van der Waals surface area contributed by atoms with Crippen LogP contribution < -0.4 is 24.3 Å². The van der Waals surface area contributed by atoms with Crippen molar-refractivity contribution in [3.05, 3.63) is 48.0 Å². The predicted octanol–water partition coefficient (Wildman–Crippen LogP) is 3.50. The zero-order chi connectivity index (χ0) is 19.4. The molecule has 0 bridgehead atoms. The fourth-order valence-electron chi connectivity index (χ4n) is 3.20. The number of carbonyl (C=O) groups is 1. The molecule has 1 atom stereocenters. The molecule has 144 valence electrons. The summed E-state index contributed by atoms with van der Waals surface area (Å²) in [5.41, 5.74) is 0.529. The Hall–Kier alpha value is -2.89. The molecular formula is C21H25NO5. The van der Waals surface area contributed by atoms with Crippen LogP contribution in [0.1, 0.15) is 31.9 Å². The topological polar surface area (TPSA) is 66.0 Å². The molecular weight excluding hydrogens is 346 g/mol. The van der Waals surface area contributed by atoms with Crippen molar-refractivity contribution in [1.82, 2.24) is 5.32 Å². The molecule has 1 aliphatic heterocycles. The van der Waals surface area contributed by atoms with Crippen LogP contribution >= 0.6 is 0 Å². The van der Waals surface area contributed by atoms with Gasteiger partial charge in [-0.1, -0.05) is 12.1 Å². The second-order valence-corrected chi connectivity index (χ2v) is 7.03. The molecule has 0 fully saturated rings. The monoisotopic (exact) mass is 371 g/mol. The highest BCUT2D eigenvalue weighted by molar-refractivity contribution is 5.78. The van der Waals surface area contributed by atoms with Crippen molar-refractivity contribution in [2.75, 3.05) is 20.8 Å². The summed E-state index contributed by atoms with van der Waals surface area (Å²) >= 11 is 0. The number of nitrogens with one attached hydrogen (secondary N) is 1. The van der Waals surface area contributed by atoms with Gasteiger partial charge in [-0.3, -0.25) is 4.79 Å². The van der Waals surface area contributed by atoms with E-state index in [1.165, 1.54) is 0 Å². The van der Waals surface area contributed by atoms with Crippen LogP contribution in [0.5, 0.6) is 23.0 Å². The average molecular weight is 371 g/mol. The Balaban J connectivity index is 1.70. The summed E-state index contributed by atoms with van der Waals surface area (Å²) in [5, 5.41) is 3.05. The summed E-state index contributed by atoms with van der Waals surface area (Å²) in [5.74, 6) is 2.37. The lowest BCUT2D eigenvalue weighted by Crippen LogP contribution is -2.42. The summed E-state index contributed by atoms with van der Waals surface area (Å²) in [7, 11) is 3.18. The van der Waals surface area contributed by atoms with Gasteiger partial charge in [0.2, 0.25) is 0 Å². The molecule has 0 radical (unpaired) electrons. The summed E-state index contributed by atoms with van der Waals surface area (Å²) in [6, 6.07) is 12.7. The lowest BCUT2D eigenvalue weighted by Gasteiger charge is -2.38. The third kappa shape index (κ3) is 4.45. The zero-order valence-electron chi connectivity index (χ0n) is 16.1. The molecule has 1 heterocycles. The van der Waals surface area contributed by atoms with Gasteiger partial charge in [0.25, 0.3) is 5.91 Å². The van der Waals surface area contributed by atoms with Crippen LogP contribution in [0.15, 0.2) is 42.5 Å². The van der Waals surface area contributed by atoms with Crippen molar-refractivity contribution in [3.63, 3.8) is 0 Å². The number of rotatable bonds is 6. The predicted molar refractivity (Wildman–Crippen MR) is 102 cm³/mol. The number of ether oxygens (including phenoxy) is 4. The highest BCUT2D eigenvalue weighted by Gasteiger charge is 2.34. The first-order valence-corrected chi connectivity index (χ1v) is 8.84. The maximum atomic E-state index is 12.5. The van der Waals surface area contributed by atoms with Crippen molar-refractivity contribution in [2.45, 2.75) is 31.9 Å². The van der Waals surface area contributed by atoms with Gasteiger partial charge in [-0.2, -0.15) is 0 Å². The van der Waals surface area contributed by atoms with Crippen molar-refractivity contribution in [3.8, 4) is 23.0 Å². The number of hydrogen-bond donors (Lipinski definition) is 1. The van der Waals surface area contributed by atoms with E-state index in [2.05, 4.69) is 5.32 Å². The summed E-state index contributed by atoms with van der Waals surface area (Å²) in [6.07, 6.45) is 0.659. The SMILES string of the molecule is COc1ccc2c(c1)OC(C)(C)C[C@@H]2NC(=O)COc1ccccc1OC. The third-order valence-corrected chi connectivity index (χ3v) is 4.44. The molecule has 6 heteroatoms. The smallest absolute Gasteiger partial charge is 0.258 e. The Morgan fingerprint density at radius 2 is 1.89 bits per heavy atom. The molecule has 2 aromatic rings. The van der Waals surface area contributed by atoms with Gasteiger partial charge in [0.15, 0.2) is 18.1 Å². The molecule has 2 aromatic carbocycles. The van der Waals surface area contributed by atoms with Crippen LogP contribution in [0.2, 0.25) is 0 Å². The normalized spacial score (nSPS) is 17.3. The number of carbonyl (C=O) groups excluding carboxylic acids is 1. The van der Waals surface area contributed by atoms with Crippen LogP contribution in [-0.4, -0.2) is 32.3 Å². The maximum Gasteiger partial charge on any atom is 0.258 e. The molecule has 0 saturated carbocycles. The first kappa shape index (κ1) is 18.9. The lowest BCUT2D eigenvalue weighted by atomic mass is 9.89. The van der Waals surface area contributed by atoms with E-state index in [-0.39, 0.29) is 18.6 Å². The molecule has 0 spiro atoms. The first-order chi connectivity index (χ1) is 12.9. The highest BCUT2D eigenvalue weighted by Crippen LogP contribution is 2.41. The number of methoxy groups -OCH3 is 2. The molecule has 1 aliphatic rings. The number of hydrogen-bond acceptors (Lipinski definition) is 5. The van der Waals surface area contributed by atoms with Crippen LogP contribution in [0, 0.1) is 0 Å². The Morgan fingerprint density at radius 1 is 1.15 bits per heavy atom. The highest BCUT2D eigenvalue weighted by atomic mass is 16.5. The van der Waals surface area contributed by atoms with Gasteiger partial charge in [0, 0.05) is 18.1 Å². The Labute approximate surface area is 159 Å². The van der Waals surface area contributed by atoms with E-state index in [1.54, 1.807) is 26.4 Å². The van der Waals surface area contributed by atoms with E-state index in [9.17, 15) is 4.79 Å². The van der Waals surface area contributed by atoms with Crippen LogP contribution in [-0.2, 0) is 4.79 Å². The Bertz CT molecular complexity index is 818. The van der Waals surface area contributed by atoms with Gasteiger partial charge in [0.05, 0.1) is 20.3 Å². The zero-order valence-corrected chi connectivity index (χ0v) is 16.1. The summed E-state index contributed by atoms with van der Waals surface area (Å²) in [6.45, 7) is 3.91. The molecule has 27 heavy (non-hydrogen) atoms. The number of amides is 1. The molecule has 0 aromatic heterocycles. The van der Waals surface area contributed by atoms with Crippen molar-refractivity contribution < 1.29 is 23.7 Å². The van der Waals surface area contributed by atoms with Gasteiger partial charge in [0.1, 0.15) is 17.1 Å². The minimum atomic E-state index is -0.402. The maximum absolute atomic E-state index is 12.5. The van der Waals surface area contributed by atoms with E-state index in [1.807, 2.05) is 44.2 Å². The quantitative estimate of drug-likeness (QED) is 0.842. The molecule has 0 saturated heterocycles. The third-order valence-electron chi connectivity index (χ3n) is 4.44. The van der Waals surface area contributed by atoms with Gasteiger partial charge in [-0.25, -0.2) is 0 Å². The average Bonchev–Trinajstić information content (AvgIpc) is 2.65. The van der Waals surface area contributed by atoms with Crippen LogP contribution in [0.4, 0.5) is 0 Å². The second kappa shape index (κ2) is 7.78.